The molecule has 2 heterocycles. The van der Waals surface area contributed by atoms with Crippen LogP contribution in [-0.2, 0) is 14.9 Å². The van der Waals surface area contributed by atoms with Crippen molar-refractivity contribution in [2.24, 2.45) is 16.7 Å². The third-order valence-electron chi connectivity index (χ3n) is 4.67. The normalized spacial score (nSPS) is 15.4. The van der Waals surface area contributed by atoms with E-state index < -0.39 is 5.91 Å². The highest BCUT2D eigenvalue weighted by molar-refractivity contribution is 5.98. The van der Waals surface area contributed by atoms with E-state index in [1.54, 1.807) is 24.4 Å². The van der Waals surface area contributed by atoms with E-state index in [9.17, 15) is 9.18 Å². The number of amides is 1. The Labute approximate surface area is 160 Å². The Morgan fingerprint density at radius 2 is 2.14 bits per heavy atom. The number of aromatic nitrogens is 3. The zero-order chi connectivity index (χ0) is 20.1. The molecule has 1 fully saturated rings. The number of primary amides is 1. The molecule has 0 unspecified atom stereocenters. The lowest BCUT2D eigenvalue weighted by Gasteiger charge is -2.41. The Morgan fingerprint density at radius 1 is 1.36 bits per heavy atom. The third kappa shape index (κ3) is 3.90. The number of hydrazone groups is 1. The van der Waals surface area contributed by atoms with E-state index in [0.29, 0.717) is 18.1 Å². The SMILES string of the molecule is C=C(O/C(=N\N)c1ccc(NCC2(c3ncccc3F)CCC2)nn1)C(N)=O. The lowest BCUT2D eigenvalue weighted by Crippen LogP contribution is -2.42. The zero-order valence-electron chi connectivity index (χ0n) is 15.1. The highest BCUT2D eigenvalue weighted by atomic mass is 19.1. The highest BCUT2D eigenvalue weighted by Crippen LogP contribution is 2.43. The number of nitrogens with zero attached hydrogens (tertiary/aromatic N) is 4. The number of carbonyl (C=O) groups is 1. The molecule has 0 saturated heterocycles. The molecule has 146 valence electrons. The number of hydrogen-bond acceptors (Lipinski definition) is 8. The molecular formula is C18H20FN7O2. The number of nitrogens with one attached hydrogen (secondary N) is 1. The van der Waals surface area contributed by atoms with Crippen molar-refractivity contribution in [2.75, 3.05) is 11.9 Å². The molecule has 10 heteroatoms. The van der Waals surface area contributed by atoms with Crippen molar-refractivity contribution < 1.29 is 13.9 Å². The number of carbonyl (C=O) groups excluding carboxylic acids is 1. The predicted octanol–water partition coefficient (Wildman–Crippen LogP) is 1.18. The van der Waals surface area contributed by atoms with Crippen LogP contribution in [0, 0.1) is 5.82 Å². The molecule has 2 aromatic rings. The summed E-state index contributed by atoms with van der Waals surface area (Å²) in [6.07, 6.45) is 4.29. The molecule has 1 aliphatic carbocycles. The van der Waals surface area contributed by atoms with E-state index in [4.69, 9.17) is 16.3 Å². The Hall–Kier alpha value is -3.56. The second kappa shape index (κ2) is 7.99. The standard InChI is InChI=1S/C18H20FN7O2/c1-11(16(20)27)28-17(24-21)13-5-6-14(26-25-13)23-10-18(7-3-8-18)15-12(19)4-2-9-22-15/h2,4-6,9H,1,3,7-8,10,21H2,(H2,20,27)(H,23,26)/b24-17-. The molecule has 2 aromatic heterocycles. The van der Waals surface area contributed by atoms with Gasteiger partial charge in [-0.05, 0) is 37.1 Å². The number of rotatable bonds is 7. The van der Waals surface area contributed by atoms with E-state index in [0.717, 1.165) is 19.3 Å². The van der Waals surface area contributed by atoms with Gasteiger partial charge in [0, 0.05) is 18.2 Å². The molecule has 1 saturated carbocycles. The maximum atomic E-state index is 14.2. The molecule has 0 bridgehead atoms. The fourth-order valence-corrected chi connectivity index (χ4v) is 2.99. The number of pyridine rings is 1. The van der Waals surface area contributed by atoms with Gasteiger partial charge in [-0.3, -0.25) is 9.78 Å². The molecule has 0 aromatic carbocycles. The van der Waals surface area contributed by atoms with Gasteiger partial charge in [-0.25, -0.2) is 4.39 Å². The van der Waals surface area contributed by atoms with Crippen LogP contribution in [0.25, 0.3) is 0 Å². The summed E-state index contributed by atoms with van der Waals surface area (Å²) >= 11 is 0. The number of hydrogen-bond donors (Lipinski definition) is 3. The van der Waals surface area contributed by atoms with Crippen LogP contribution in [-0.4, -0.2) is 33.5 Å². The van der Waals surface area contributed by atoms with Gasteiger partial charge >= 0.3 is 0 Å². The highest BCUT2D eigenvalue weighted by Gasteiger charge is 2.41. The van der Waals surface area contributed by atoms with E-state index in [-0.39, 0.29) is 28.6 Å². The molecule has 0 atom stereocenters. The van der Waals surface area contributed by atoms with Crippen LogP contribution in [0.5, 0.6) is 0 Å². The third-order valence-corrected chi connectivity index (χ3v) is 4.67. The Bertz CT molecular complexity index is 910. The van der Waals surface area contributed by atoms with Crippen LogP contribution >= 0.6 is 0 Å². The van der Waals surface area contributed by atoms with Crippen molar-refractivity contribution in [3.63, 3.8) is 0 Å². The lowest BCUT2D eigenvalue weighted by atomic mass is 9.66. The van der Waals surface area contributed by atoms with Crippen molar-refractivity contribution in [1.82, 2.24) is 15.2 Å². The minimum atomic E-state index is -0.847. The van der Waals surface area contributed by atoms with Gasteiger partial charge in [-0.15, -0.1) is 15.3 Å². The van der Waals surface area contributed by atoms with E-state index >= 15 is 0 Å². The molecule has 28 heavy (non-hydrogen) atoms. The summed E-state index contributed by atoms with van der Waals surface area (Å²) in [6.45, 7) is 3.84. The maximum absolute atomic E-state index is 14.2. The van der Waals surface area contributed by atoms with Crippen LogP contribution in [0.4, 0.5) is 10.2 Å². The topological polar surface area (TPSA) is 141 Å². The van der Waals surface area contributed by atoms with Gasteiger partial charge in [0.1, 0.15) is 17.3 Å². The summed E-state index contributed by atoms with van der Waals surface area (Å²) in [7, 11) is 0. The van der Waals surface area contributed by atoms with Crippen molar-refractivity contribution in [3.8, 4) is 0 Å². The summed E-state index contributed by atoms with van der Waals surface area (Å²) in [5.41, 5.74) is 5.36. The smallest absolute Gasteiger partial charge is 0.283 e. The Kier molecular flexibility index (Phi) is 5.48. The summed E-state index contributed by atoms with van der Waals surface area (Å²) in [6, 6.07) is 6.20. The van der Waals surface area contributed by atoms with Crippen LogP contribution in [0.2, 0.25) is 0 Å². The molecule has 0 aliphatic heterocycles. The van der Waals surface area contributed by atoms with Gasteiger partial charge in [0.2, 0.25) is 0 Å². The summed E-state index contributed by atoms with van der Waals surface area (Å²) in [4.78, 5) is 15.2. The number of ether oxygens (including phenoxy) is 1. The largest absolute Gasteiger partial charge is 0.431 e. The quantitative estimate of drug-likeness (QED) is 0.162. The summed E-state index contributed by atoms with van der Waals surface area (Å²) in [5, 5.41) is 14.6. The minimum Gasteiger partial charge on any atom is -0.431 e. The summed E-state index contributed by atoms with van der Waals surface area (Å²) in [5.74, 6) is 4.12. The van der Waals surface area contributed by atoms with Gasteiger partial charge in [0.05, 0.1) is 5.69 Å². The van der Waals surface area contributed by atoms with E-state index in [2.05, 4.69) is 32.2 Å². The maximum Gasteiger partial charge on any atom is 0.283 e. The van der Waals surface area contributed by atoms with Crippen molar-refractivity contribution in [2.45, 2.75) is 24.7 Å². The fraction of sp³-hybridized carbons (Fsp3) is 0.278. The van der Waals surface area contributed by atoms with Gasteiger partial charge in [0.15, 0.2) is 5.76 Å². The first-order chi connectivity index (χ1) is 13.4. The first-order valence-electron chi connectivity index (χ1n) is 8.58. The molecule has 0 spiro atoms. The first-order valence-corrected chi connectivity index (χ1v) is 8.58. The molecule has 3 rings (SSSR count). The van der Waals surface area contributed by atoms with Crippen LogP contribution < -0.4 is 16.9 Å². The fourth-order valence-electron chi connectivity index (χ4n) is 2.99. The van der Waals surface area contributed by atoms with Gasteiger partial charge < -0.3 is 21.6 Å². The van der Waals surface area contributed by atoms with Gasteiger partial charge in [-0.1, -0.05) is 13.0 Å². The molecule has 1 amide bonds. The zero-order valence-corrected chi connectivity index (χ0v) is 15.1. The second-order valence-corrected chi connectivity index (χ2v) is 6.45. The van der Waals surface area contributed by atoms with Crippen molar-refractivity contribution in [1.29, 1.82) is 0 Å². The molecule has 9 nitrogen and oxygen atoms in total. The van der Waals surface area contributed by atoms with Crippen LogP contribution in [0.1, 0.15) is 30.7 Å². The number of halogens is 1. The average Bonchev–Trinajstić information content (AvgIpc) is 2.66. The first kappa shape index (κ1) is 19.2. The van der Waals surface area contributed by atoms with Crippen molar-refractivity contribution in [3.05, 3.63) is 60.0 Å². The molecular weight excluding hydrogens is 365 g/mol. The van der Waals surface area contributed by atoms with E-state index in [1.165, 1.54) is 6.07 Å². The Balaban J connectivity index is 1.68. The number of anilines is 1. The van der Waals surface area contributed by atoms with E-state index in [1.807, 2.05) is 0 Å². The molecule has 5 N–H and O–H groups in total. The predicted molar refractivity (Wildman–Crippen MR) is 100 cm³/mol. The molecule has 1 aliphatic rings. The monoisotopic (exact) mass is 385 g/mol. The van der Waals surface area contributed by atoms with Gasteiger partial charge in [-0.2, -0.15) is 0 Å². The van der Waals surface area contributed by atoms with Crippen molar-refractivity contribution >= 4 is 17.6 Å². The second-order valence-electron chi connectivity index (χ2n) is 6.45. The van der Waals surface area contributed by atoms with Gasteiger partial charge in [0.25, 0.3) is 11.8 Å². The summed E-state index contributed by atoms with van der Waals surface area (Å²) < 4.78 is 19.3. The number of nitrogens with two attached hydrogens (primary N) is 2. The Morgan fingerprint density at radius 3 is 2.68 bits per heavy atom. The van der Waals surface area contributed by atoms with Crippen LogP contribution in [0.15, 0.2) is 47.9 Å². The average molecular weight is 385 g/mol. The minimum absolute atomic E-state index is 0.145. The molecule has 0 radical (unpaired) electrons. The van der Waals surface area contributed by atoms with Crippen LogP contribution in [0.3, 0.4) is 0 Å². The lowest BCUT2D eigenvalue weighted by molar-refractivity contribution is -0.116.